The summed E-state index contributed by atoms with van der Waals surface area (Å²) in [5.74, 6) is 0.906. The topological polar surface area (TPSA) is 33.7 Å². The van der Waals surface area contributed by atoms with Crippen LogP contribution in [0.25, 0.3) is 0 Å². The average Bonchev–Trinajstić information content (AvgIpc) is 2.92. The zero-order valence-electron chi connectivity index (χ0n) is 11.8. The highest BCUT2D eigenvalue weighted by atomic mass is 16.7. The van der Waals surface area contributed by atoms with Crippen molar-refractivity contribution >= 4 is 0 Å². The van der Waals surface area contributed by atoms with Crippen LogP contribution in [-0.4, -0.2) is 37.7 Å². The van der Waals surface area contributed by atoms with Crippen LogP contribution < -0.4 is 10.2 Å². The van der Waals surface area contributed by atoms with E-state index in [-0.39, 0.29) is 5.41 Å². The molecular formula is C15H22N2O2. The molecule has 3 rings (SSSR count). The predicted molar refractivity (Wildman–Crippen MR) is 74.0 cm³/mol. The standard InChI is InChI=1S/C15H22N2O2/c1-4-17-9-15(2)10-19-16-14(15)13(17)11-5-7-12(18-3)8-6-11/h5-8,13-14,16H,4,9-10H2,1-3H3/t13-,14-,15-/m0/s1. The van der Waals surface area contributed by atoms with Gasteiger partial charge in [-0.25, -0.2) is 0 Å². The Balaban J connectivity index is 1.92. The van der Waals surface area contributed by atoms with Gasteiger partial charge in [-0.2, -0.15) is 5.48 Å². The van der Waals surface area contributed by atoms with Gasteiger partial charge in [0.25, 0.3) is 0 Å². The lowest BCUT2D eigenvalue weighted by Crippen LogP contribution is -2.36. The first-order valence-corrected chi connectivity index (χ1v) is 6.93. The van der Waals surface area contributed by atoms with Gasteiger partial charge in [0.1, 0.15) is 5.75 Å². The van der Waals surface area contributed by atoms with Crippen LogP contribution in [0.15, 0.2) is 24.3 Å². The van der Waals surface area contributed by atoms with Gasteiger partial charge in [-0.05, 0) is 24.2 Å². The van der Waals surface area contributed by atoms with Crippen molar-refractivity contribution in [3.63, 3.8) is 0 Å². The van der Waals surface area contributed by atoms with Gasteiger partial charge in [0.15, 0.2) is 0 Å². The number of benzene rings is 1. The first-order valence-electron chi connectivity index (χ1n) is 6.93. The third kappa shape index (κ3) is 2.04. The van der Waals surface area contributed by atoms with E-state index in [2.05, 4.69) is 36.4 Å². The summed E-state index contributed by atoms with van der Waals surface area (Å²) in [5, 5.41) is 0. The molecule has 19 heavy (non-hydrogen) atoms. The highest BCUT2D eigenvalue weighted by Gasteiger charge is 2.53. The monoisotopic (exact) mass is 262 g/mol. The fraction of sp³-hybridized carbons (Fsp3) is 0.600. The predicted octanol–water partition coefficient (Wildman–Crippen LogP) is 1.98. The number of nitrogens with one attached hydrogen (secondary N) is 1. The lowest BCUT2D eigenvalue weighted by atomic mass is 9.83. The molecule has 104 valence electrons. The second kappa shape index (κ2) is 4.78. The highest BCUT2D eigenvalue weighted by molar-refractivity contribution is 5.31. The summed E-state index contributed by atoms with van der Waals surface area (Å²) in [7, 11) is 1.70. The molecule has 2 saturated heterocycles. The molecule has 0 unspecified atom stereocenters. The minimum Gasteiger partial charge on any atom is -0.497 e. The van der Waals surface area contributed by atoms with Crippen molar-refractivity contribution in [2.45, 2.75) is 25.9 Å². The Kier molecular flexibility index (Phi) is 3.25. The van der Waals surface area contributed by atoms with Crippen molar-refractivity contribution in [3.8, 4) is 5.75 Å². The molecule has 0 spiro atoms. The Hall–Kier alpha value is -1.10. The van der Waals surface area contributed by atoms with E-state index in [1.54, 1.807) is 7.11 Å². The van der Waals surface area contributed by atoms with Gasteiger partial charge >= 0.3 is 0 Å². The Morgan fingerprint density at radius 3 is 2.79 bits per heavy atom. The van der Waals surface area contributed by atoms with Crippen molar-refractivity contribution in [3.05, 3.63) is 29.8 Å². The molecule has 2 fully saturated rings. The second-order valence-corrected chi connectivity index (χ2v) is 5.82. The summed E-state index contributed by atoms with van der Waals surface area (Å²) in [6.07, 6.45) is 0. The molecule has 0 radical (unpaired) electrons. The number of methoxy groups -OCH3 is 1. The van der Waals surface area contributed by atoms with E-state index in [9.17, 15) is 0 Å². The van der Waals surface area contributed by atoms with E-state index in [0.29, 0.717) is 12.1 Å². The van der Waals surface area contributed by atoms with Gasteiger partial charge in [0.2, 0.25) is 0 Å². The van der Waals surface area contributed by atoms with Crippen LogP contribution in [0.1, 0.15) is 25.5 Å². The van der Waals surface area contributed by atoms with Crippen molar-refractivity contribution < 1.29 is 9.57 Å². The first kappa shape index (κ1) is 12.9. The lowest BCUT2D eigenvalue weighted by molar-refractivity contribution is 0.0523. The molecule has 4 nitrogen and oxygen atoms in total. The minimum absolute atomic E-state index is 0.209. The SMILES string of the molecule is CCN1C[C@@]2(C)CON[C@H]2[C@@H]1c1ccc(OC)cc1. The number of likely N-dealkylation sites (N-methyl/N-ethyl adjacent to an activating group) is 1. The van der Waals surface area contributed by atoms with Crippen molar-refractivity contribution in [1.29, 1.82) is 0 Å². The molecule has 0 aromatic heterocycles. The van der Waals surface area contributed by atoms with E-state index >= 15 is 0 Å². The Bertz CT molecular complexity index is 448. The average molecular weight is 262 g/mol. The summed E-state index contributed by atoms with van der Waals surface area (Å²) in [6, 6.07) is 9.14. The number of rotatable bonds is 3. The van der Waals surface area contributed by atoms with Crippen LogP contribution in [0, 0.1) is 5.41 Å². The summed E-state index contributed by atoms with van der Waals surface area (Å²) >= 11 is 0. The van der Waals surface area contributed by atoms with Gasteiger partial charge in [0.05, 0.1) is 25.8 Å². The molecule has 3 atom stereocenters. The maximum Gasteiger partial charge on any atom is 0.118 e. The number of hydrogen-bond donors (Lipinski definition) is 1. The number of hydroxylamine groups is 1. The molecular weight excluding hydrogens is 240 g/mol. The Morgan fingerprint density at radius 2 is 2.16 bits per heavy atom. The molecule has 1 aromatic rings. The van der Waals surface area contributed by atoms with Gasteiger partial charge < -0.3 is 9.57 Å². The van der Waals surface area contributed by atoms with Gasteiger partial charge in [-0.3, -0.25) is 4.90 Å². The van der Waals surface area contributed by atoms with Gasteiger partial charge in [-0.15, -0.1) is 0 Å². The molecule has 1 aromatic carbocycles. The summed E-state index contributed by atoms with van der Waals surface area (Å²) in [6.45, 7) is 7.47. The first-order chi connectivity index (χ1) is 9.18. The molecule has 2 heterocycles. The molecule has 4 heteroatoms. The molecule has 0 bridgehead atoms. The Labute approximate surface area is 114 Å². The van der Waals surface area contributed by atoms with Crippen LogP contribution in [0.4, 0.5) is 0 Å². The molecule has 0 saturated carbocycles. The largest absolute Gasteiger partial charge is 0.497 e. The van der Waals surface area contributed by atoms with Crippen LogP contribution in [0.5, 0.6) is 5.75 Å². The summed E-state index contributed by atoms with van der Waals surface area (Å²) in [4.78, 5) is 8.03. The van der Waals surface area contributed by atoms with Crippen LogP contribution >= 0.6 is 0 Å². The van der Waals surface area contributed by atoms with E-state index in [1.165, 1.54) is 5.56 Å². The third-order valence-electron chi connectivity index (χ3n) is 4.50. The minimum atomic E-state index is 0.209. The highest BCUT2D eigenvalue weighted by Crippen LogP contribution is 2.45. The summed E-state index contributed by atoms with van der Waals surface area (Å²) in [5.41, 5.74) is 4.76. The fourth-order valence-corrected chi connectivity index (χ4v) is 3.40. The second-order valence-electron chi connectivity index (χ2n) is 5.82. The molecule has 2 aliphatic heterocycles. The van der Waals surface area contributed by atoms with Crippen molar-refractivity contribution in [1.82, 2.24) is 10.4 Å². The summed E-state index contributed by atoms with van der Waals surface area (Å²) < 4.78 is 5.24. The van der Waals surface area contributed by atoms with E-state index in [4.69, 9.17) is 9.57 Å². The van der Waals surface area contributed by atoms with Crippen molar-refractivity contribution in [2.24, 2.45) is 5.41 Å². The maximum absolute atomic E-state index is 5.50. The van der Waals surface area contributed by atoms with Crippen LogP contribution in [0.3, 0.4) is 0 Å². The molecule has 0 amide bonds. The number of likely N-dealkylation sites (tertiary alicyclic amines) is 1. The smallest absolute Gasteiger partial charge is 0.118 e. The number of hydrogen-bond acceptors (Lipinski definition) is 4. The third-order valence-corrected chi connectivity index (χ3v) is 4.50. The number of fused-ring (bicyclic) bond motifs is 1. The zero-order valence-corrected chi connectivity index (χ0v) is 11.8. The van der Waals surface area contributed by atoms with E-state index in [1.807, 2.05) is 12.1 Å². The number of ether oxygens (including phenoxy) is 1. The molecule has 1 N–H and O–H groups in total. The normalized spacial score (nSPS) is 34.5. The van der Waals surface area contributed by atoms with Gasteiger partial charge in [-0.1, -0.05) is 26.0 Å². The lowest BCUT2D eigenvalue weighted by Gasteiger charge is -2.27. The quantitative estimate of drug-likeness (QED) is 0.903. The molecule has 0 aliphatic carbocycles. The van der Waals surface area contributed by atoms with Gasteiger partial charge in [0, 0.05) is 12.0 Å². The van der Waals surface area contributed by atoms with Crippen LogP contribution in [-0.2, 0) is 4.84 Å². The Morgan fingerprint density at radius 1 is 1.42 bits per heavy atom. The van der Waals surface area contributed by atoms with E-state index < -0.39 is 0 Å². The van der Waals surface area contributed by atoms with Crippen LogP contribution in [0.2, 0.25) is 0 Å². The maximum atomic E-state index is 5.50. The zero-order chi connectivity index (χ0) is 13.5. The number of nitrogens with zero attached hydrogens (tertiary/aromatic N) is 1. The fourth-order valence-electron chi connectivity index (χ4n) is 3.40. The van der Waals surface area contributed by atoms with E-state index in [0.717, 1.165) is 25.4 Å². The van der Waals surface area contributed by atoms with Crippen molar-refractivity contribution in [2.75, 3.05) is 26.8 Å². The molecule has 2 aliphatic rings.